The second-order valence-corrected chi connectivity index (χ2v) is 8.68. The molecule has 0 radical (unpaired) electrons. The van der Waals surface area contributed by atoms with Crippen LogP contribution < -0.4 is 0 Å². The van der Waals surface area contributed by atoms with E-state index in [1.54, 1.807) is 6.20 Å². The first-order valence-corrected chi connectivity index (χ1v) is 9.68. The molecule has 1 aromatic heterocycles. The summed E-state index contributed by atoms with van der Waals surface area (Å²) in [6.45, 7) is 8.82. The quantitative estimate of drug-likeness (QED) is 0.551. The van der Waals surface area contributed by atoms with E-state index in [4.69, 9.17) is 16.3 Å². The Morgan fingerprint density at radius 2 is 2.28 bits per heavy atom. The summed E-state index contributed by atoms with van der Waals surface area (Å²) < 4.78 is 6.56. The highest BCUT2D eigenvalue weighted by atomic mass is 35.5. The Kier molecular flexibility index (Phi) is 5.50. The average molecular weight is 387 g/mol. The highest BCUT2D eigenvalue weighted by Gasteiger charge is 2.45. The summed E-state index contributed by atoms with van der Waals surface area (Å²) in [5.74, 6) is 0.976. The molecule has 0 aromatic carbocycles. The lowest BCUT2D eigenvalue weighted by molar-refractivity contribution is -0.439. The summed E-state index contributed by atoms with van der Waals surface area (Å²) >= 11 is 7.33. The molecule has 1 saturated heterocycles. The van der Waals surface area contributed by atoms with Crippen LogP contribution in [0.4, 0.5) is 0 Å². The monoisotopic (exact) mass is 386 g/mol. The smallest absolute Gasteiger partial charge is 0.289 e. The number of halogens is 1. The van der Waals surface area contributed by atoms with E-state index >= 15 is 0 Å². The molecule has 2 atom stereocenters. The fraction of sp³-hybridized carbons (Fsp3) is 0.688. The van der Waals surface area contributed by atoms with Crippen LogP contribution in [0.25, 0.3) is 0 Å². The van der Waals surface area contributed by atoms with Crippen LogP contribution in [0.15, 0.2) is 17.7 Å². The van der Waals surface area contributed by atoms with Gasteiger partial charge in [0.15, 0.2) is 10.3 Å². The molecule has 7 nitrogen and oxygen atoms in total. The van der Waals surface area contributed by atoms with E-state index in [9.17, 15) is 10.1 Å². The Balaban J connectivity index is 1.87. The molecule has 2 aliphatic heterocycles. The summed E-state index contributed by atoms with van der Waals surface area (Å²) in [5.41, 5.74) is 0.289. The first-order chi connectivity index (χ1) is 11.9. The van der Waals surface area contributed by atoms with E-state index in [0.717, 1.165) is 18.0 Å². The predicted molar refractivity (Wildman–Crippen MR) is 96.6 cm³/mol. The Morgan fingerprint density at radius 3 is 2.88 bits per heavy atom. The van der Waals surface area contributed by atoms with Gasteiger partial charge in [0.05, 0.1) is 24.0 Å². The van der Waals surface area contributed by atoms with Gasteiger partial charge in [-0.05, 0) is 5.92 Å². The lowest BCUT2D eigenvalue weighted by Gasteiger charge is -2.37. The third kappa shape index (κ3) is 3.91. The van der Waals surface area contributed by atoms with Crippen molar-refractivity contribution in [3.05, 3.63) is 37.2 Å². The molecule has 0 N–H and O–H groups in total. The van der Waals surface area contributed by atoms with Crippen LogP contribution >= 0.6 is 22.9 Å². The zero-order valence-corrected chi connectivity index (χ0v) is 16.2. The van der Waals surface area contributed by atoms with Crippen LogP contribution in [0.1, 0.15) is 32.1 Å². The van der Waals surface area contributed by atoms with Crippen LogP contribution in [0.3, 0.4) is 0 Å². The van der Waals surface area contributed by atoms with Crippen LogP contribution in [-0.4, -0.2) is 45.6 Å². The van der Waals surface area contributed by atoms with Crippen LogP contribution in [0.2, 0.25) is 4.47 Å². The Morgan fingerprint density at radius 1 is 1.52 bits per heavy atom. The molecule has 25 heavy (non-hydrogen) atoms. The zero-order valence-electron chi connectivity index (χ0n) is 14.6. The number of ether oxygens (including phenoxy) is 1. The number of thiazole rings is 1. The van der Waals surface area contributed by atoms with Gasteiger partial charge in [-0.25, -0.2) is 4.98 Å². The van der Waals surface area contributed by atoms with Gasteiger partial charge in [-0.2, -0.15) is 0 Å². The van der Waals surface area contributed by atoms with Crippen molar-refractivity contribution in [2.75, 3.05) is 19.7 Å². The van der Waals surface area contributed by atoms with E-state index in [1.165, 1.54) is 11.3 Å². The van der Waals surface area contributed by atoms with E-state index in [1.807, 2.05) is 6.92 Å². The van der Waals surface area contributed by atoms with Gasteiger partial charge in [0.1, 0.15) is 6.23 Å². The van der Waals surface area contributed by atoms with Crippen LogP contribution in [-0.2, 0) is 11.3 Å². The molecule has 3 heterocycles. The number of hydrogen-bond acceptors (Lipinski definition) is 7. The van der Waals surface area contributed by atoms with Gasteiger partial charge in [0, 0.05) is 30.6 Å². The summed E-state index contributed by atoms with van der Waals surface area (Å²) in [4.78, 5) is 20.7. The lowest BCUT2D eigenvalue weighted by atomic mass is 9.98. The van der Waals surface area contributed by atoms with Crippen molar-refractivity contribution < 1.29 is 9.66 Å². The minimum Gasteiger partial charge on any atom is -0.358 e. The standard InChI is InChI=1S/C16H23ClN4O3S/c1-10(2)9-24-13-6-11(3)14(21(22)23)15-19(4-5-20(13)15)8-12-7-18-16(17)25-12/h7,10-11,13H,4-6,8-9H2,1-3H3. The highest BCUT2D eigenvalue weighted by Crippen LogP contribution is 2.38. The van der Waals surface area contributed by atoms with Gasteiger partial charge in [0.25, 0.3) is 5.70 Å². The molecule has 0 amide bonds. The normalized spacial score (nSPS) is 23.6. The van der Waals surface area contributed by atoms with E-state index in [2.05, 4.69) is 28.6 Å². The van der Waals surface area contributed by atoms with Crippen molar-refractivity contribution >= 4 is 22.9 Å². The molecule has 0 bridgehead atoms. The van der Waals surface area contributed by atoms with Crippen LogP contribution in [0, 0.1) is 22.0 Å². The Hall–Kier alpha value is -1.38. The van der Waals surface area contributed by atoms with Crippen molar-refractivity contribution in [2.24, 2.45) is 11.8 Å². The first kappa shape index (κ1) is 18.4. The Labute approximate surface area is 156 Å². The van der Waals surface area contributed by atoms with E-state index < -0.39 is 0 Å². The summed E-state index contributed by atoms with van der Waals surface area (Å²) in [5, 5.41) is 11.7. The molecule has 0 spiro atoms. The maximum absolute atomic E-state index is 11.7. The first-order valence-electron chi connectivity index (χ1n) is 8.48. The van der Waals surface area contributed by atoms with Gasteiger partial charge in [-0.15, -0.1) is 11.3 Å². The molecule has 1 fully saturated rings. The fourth-order valence-electron chi connectivity index (χ4n) is 3.40. The molecule has 0 saturated carbocycles. The minimum absolute atomic E-state index is 0.105. The number of hydrogen-bond donors (Lipinski definition) is 0. The van der Waals surface area contributed by atoms with Gasteiger partial charge < -0.3 is 14.5 Å². The van der Waals surface area contributed by atoms with Gasteiger partial charge in [0.2, 0.25) is 0 Å². The molecular formula is C16H23ClN4O3S. The molecular weight excluding hydrogens is 364 g/mol. The average Bonchev–Trinajstić information content (AvgIpc) is 3.12. The van der Waals surface area contributed by atoms with Gasteiger partial charge >= 0.3 is 0 Å². The molecule has 138 valence electrons. The summed E-state index contributed by atoms with van der Waals surface area (Å²) in [6.07, 6.45) is 2.28. The SMILES string of the molecule is CC(C)COC1CC(C)C([N+](=O)[O-])=C2N(Cc3cnc(Cl)s3)CCN21. The third-order valence-electron chi connectivity index (χ3n) is 4.47. The Bertz CT molecular complexity index is 678. The van der Waals surface area contributed by atoms with Crippen molar-refractivity contribution in [1.29, 1.82) is 0 Å². The van der Waals surface area contributed by atoms with Crippen LogP contribution in [0.5, 0.6) is 0 Å². The molecule has 2 unspecified atom stereocenters. The van der Waals surface area contributed by atoms with Gasteiger partial charge in [-0.1, -0.05) is 32.4 Å². The number of nitro groups is 1. The van der Waals surface area contributed by atoms with Crippen molar-refractivity contribution in [3.8, 4) is 0 Å². The van der Waals surface area contributed by atoms with Crippen molar-refractivity contribution in [3.63, 3.8) is 0 Å². The molecule has 3 rings (SSSR count). The predicted octanol–water partition coefficient (Wildman–Crippen LogP) is 3.40. The maximum Gasteiger partial charge on any atom is 0.289 e. The summed E-state index contributed by atoms with van der Waals surface area (Å²) in [7, 11) is 0. The molecule has 2 aliphatic rings. The van der Waals surface area contributed by atoms with Crippen molar-refractivity contribution in [2.45, 2.75) is 40.0 Å². The molecule has 0 aliphatic carbocycles. The van der Waals surface area contributed by atoms with Crippen molar-refractivity contribution in [1.82, 2.24) is 14.8 Å². The van der Waals surface area contributed by atoms with Gasteiger partial charge in [-0.3, -0.25) is 10.1 Å². The fourth-order valence-corrected chi connectivity index (χ4v) is 4.39. The van der Waals surface area contributed by atoms with E-state index in [0.29, 0.717) is 35.8 Å². The second kappa shape index (κ2) is 7.47. The summed E-state index contributed by atoms with van der Waals surface area (Å²) in [6, 6.07) is 0. The number of fused-ring (bicyclic) bond motifs is 1. The molecule has 1 aromatic rings. The minimum atomic E-state index is -0.233. The van der Waals surface area contributed by atoms with E-state index in [-0.39, 0.29) is 22.8 Å². The highest BCUT2D eigenvalue weighted by molar-refractivity contribution is 7.15. The number of allylic oxidation sites excluding steroid dienone is 1. The number of rotatable bonds is 6. The second-order valence-electron chi connectivity index (χ2n) is 6.98. The maximum atomic E-state index is 11.7. The topological polar surface area (TPSA) is 71.7 Å². The third-order valence-corrected chi connectivity index (χ3v) is 5.57. The number of aromatic nitrogens is 1. The molecule has 9 heteroatoms. The largest absolute Gasteiger partial charge is 0.358 e. The zero-order chi connectivity index (χ0) is 18.1. The lowest BCUT2D eigenvalue weighted by Crippen LogP contribution is -2.43. The number of nitrogens with zero attached hydrogens (tertiary/aromatic N) is 4.